The molecule has 3 N–H and O–H groups in total. The Labute approximate surface area is 84.0 Å². The van der Waals surface area contributed by atoms with Crippen LogP contribution >= 0.6 is 7.82 Å². The van der Waals surface area contributed by atoms with Crippen molar-refractivity contribution in [2.24, 2.45) is 0 Å². The fraction of sp³-hybridized carbons (Fsp3) is 0. The normalized spacial score (nSPS) is 8.43. The minimum Gasteiger partial charge on any atom is -1.00 e. The van der Waals surface area contributed by atoms with Crippen LogP contribution < -0.4 is 0 Å². The first-order chi connectivity index (χ1) is 2.00. The fourth-order valence-electron chi connectivity index (χ4n) is 0. The van der Waals surface area contributed by atoms with Gasteiger partial charge in [0.1, 0.15) is 0 Å². The summed E-state index contributed by atoms with van der Waals surface area (Å²) in [5.74, 6) is 0. The summed E-state index contributed by atoms with van der Waals surface area (Å²) in [4.78, 5) is 21.6. The van der Waals surface area contributed by atoms with Crippen molar-refractivity contribution in [1.29, 1.82) is 0 Å². The van der Waals surface area contributed by atoms with Gasteiger partial charge in [0, 0.05) is 17.1 Å². The van der Waals surface area contributed by atoms with E-state index in [2.05, 4.69) is 0 Å². The van der Waals surface area contributed by atoms with E-state index in [0.717, 1.165) is 0 Å². The van der Waals surface area contributed by atoms with Gasteiger partial charge in [0.2, 0.25) is 0 Å². The van der Waals surface area contributed by atoms with E-state index in [0.29, 0.717) is 0 Å². The van der Waals surface area contributed by atoms with Gasteiger partial charge in [-0.05, 0) is 0 Å². The van der Waals surface area contributed by atoms with E-state index >= 15 is 0 Å². The molecule has 0 spiro atoms. The first-order valence-electron chi connectivity index (χ1n) is 0.783. The zero-order chi connectivity index (χ0) is 4.50. The van der Waals surface area contributed by atoms with Crippen LogP contribution in [0.25, 0.3) is 0 Å². The second kappa shape index (κ2) is 6.02. The van der Waals surface area contributed by atoms with Crippen molar-refractivity contribution in [1.82, 2.24) is 0 Å². The zero-order valence-corrected chi connectivity index (χ0v) is 7.57. The van der Waals surface area contributed by atoms with Crippen molar-refractivity contribution in [3.8, 4) is 0 Å². The maximum Gasteiger partial charge on any atom is 2.00 e. The molecule has 0 unspecified atom stereocenters. The Bertz CT molecular complexity index is 64.7. The van der Waals surface area contributed by atoms with Crippen LogP contribution in [-0.2, 0) is 21.6 Å². The first kappa shape index (κ1) is 16.0. The number of hydrogen-bond donors (Lipinski definition) is 3. The Morgan fingerprint density at radius 1 is 1.29 bits per heavy atom. The van der Waals surface area contributed by atoms with E-state index in [-0.39, 0.29) is 57.7 Å². The molecule has 0 aliphatic heterocycles. The van der Waals surface area contributed by atoms with Gasteiger partial charge in [0.15, 0.2) is 0 Å². The molecule has 0 fully saturated rings. The molecule has 1 radical (unpaired) electrons. The van der Waals surface area contributed by atoms with Gasteiger partial charge in [-0.1, -0.05) is 0 Å². The van der Waals surface area contributed by atoms with Gasteiger partial charge in [0.05, 0.1) is 0 Å². The molecule has 0 bridgehead atoms. The predicted octanol–water partition coefficient (Wildman–Crippen LogP) is -1.09. The summed E-state index contributed by atoms with van der Waals surface area (Å²) in [6.45, 7) is 0. The SMILES string of the molecule is O=P(O)(O)O.[Ca+2].[H-].[H-].[Mn]. The van der Waals surface area contributed by atoms with E-state index in [9.17, 15) is 0 Å². The minimum absolute atomic E-state index is 0. The molecule has 0 aromatic carbocycles. The van der Waals surface area contributed by atoms with E-state index < -0.39 is 7.82 Å². The standard InChI is InChI=1S/Ca.Mn.H3O4P.2H/c;;1-5(2,3)4;;/h;;(H3,1,2,3,4);;/q+2;;;2*-1. The maximum absolute atomic E-state index is 8.88. The van der Waals surface area contributed by atoms with Crippen LogP contribution in [0.4, 0.5) is 0 Å². The summed E-state index contributed by atoms with van der Waals surface area (Å²) in [6.07, 6.45) is 0. The maximum atomic E-state index is 8.88. The van der Waals surface area contributed by atoms with Gasteiger partial charge in [-0.3, -0.25) is 0 Å². The zero-order valence-electron chi connectivity index (χ0n) is 5.28. The Kier molecular flexibility index (Phi) is 13.7. The molecular weight excluding hydrogens is 190 g/mol. The topological polar surface area (TPSA) is 77.8 Å². The Balaban J connectivity index is -0.0000000133. The third-order valence-corrected chi connectivity index (χ3v) is 0. The van der Waals surface area contributed by atoms with Gasteiger partial charge in [-0.25, -0.2) is 4.57 Å². The molecule has 0 aliphatic rings. The van der Waals surface area contributed by atoms with Crippen molar-refractivity contribution in [2.45, 2.75) is 0 Å². The largest absolute Gasteiger partial charge is 2.00 e. The van der Waals surface area contributed by atoms with Crippen LogP contribution in [0.1, 0.15) is 2.85 Å². The van der Waals surface area contributed by atoms with Gasteiger partial charge >= 0.3 is 45.6 Å². The van der Waals surface area contributed by atoms with Crippen LogP contribution in [0.2, 0.25) is 0 Å². The van der Waals surface area contributed by atoms with Crippen molar-refractivity contribution in [3.05, 3.63) is 0 Å². The molecule has 0 heterocycles. The molecule has 7 heteroatoms. The van der Waals surface area contributed by atoms with E-state index in [1.165, 1.54) is 0 Å². The molecule has 0 saturated heterocycles. The number of rotatable bonds is 0. The molecule has 0 saturated carbocycles. The smallest absolute Gasteiger partial charge is 1.00 e. The third-order valence-electron chi connectivity index (χ3n) is 0. The molecule has 0 atom stereocenters. The van der Waals surface area contributed by atoms with Crippen LogP contribution in [0.5, 0.6) is 0 Å². The first-order valence-corrected chi connectivity index (χ1v) is 2.35. The minimum atomic E-state index is -4.64. The summed E-state index contributed by atoms with van der Waals surface area (Å²) < 4.78 is 8.88. The fourth-order valence-corrected chi connectivity index (χ4v) is 0. The Hall–Kier alpha value is 1.89. The van der Waals surface area contributed by atoms with Crippen LogP contribution in [0, 0.1) is 0 Å². The Morgan fingerprint density at radius 3 is 1.29 bits per heavy atom. The van der Waals surface area contributed by atoms with E-state index in [1.807, 2.05) is 0 Å². The monoisotopic (exact) mass is 195 g/mol. The predicted molar refractivity (Wildman–Crippen MR) is 22.2 cm³/mol. The number of phosphoric acid groups is 1. The summed E-state index contributed by atoms with van der Waals surface area (Å²) in [7, 11) is -4.64. The van der Waals surface area contributed by atoms with Crippen LogP contribution in [0.3, 0.4) is 0 Å². The van der Waals surface area contributed by atoms with Crippen LogP contribution in [0.15, 0.2) is 0 Å². The molecule has 0 rings (SSSR count). The average Bonchev–Trinajstić information content (AvgIpc) is 0.722. The number of hydrogen-bond acceptors (Lipinski definition) is 1. The van der Waals surface area contributed by atoms with Crippen molar-refractivity contribution < 1.29 is 39.2 Å². The van der Waals surface area contributed by atoms with Crippen LogP contribution in [-0.4, -0.2) is 52.4 Å². The summed E-state index contributed by atoms with van der Waals surface area (Å²) >= 11 is 0. The molecule has 7 heavy (non-hydrogen) atoms. The van der Waals surface area contributed by atoms with Crippen molar-refractivity contribution in [2.75, 3.05) is 0 Å². The second-order valence-electron chi connectivity index (χ2n) is 0.513. The molecular formula is H5CaMnO4P. The van der Waals surface area contributed by atoms with Crippen molar-refractivity contribution >= 4 is 45.6 Å². The Morgan fingerprint density at radius 2 is 1.29 bits per heavy atom. The molecule has 0 aromatic heterocycles. The van der Waals surface area contributed by atoms with Crippen molar-refractivity contribution in [3.63, 3.8) is 0 Å². The second-order valence-corrected chi connectivity index (χ2v) is 1.54. The molecule has 0 aromatic rings. The van der Waals surface area contributed by atoms with E-state index in [4.69, 9.17) is 19.2 Å². The van der Waals surface area contributed by atoms with Gasteiger partial charge in [-0.2, -0.15) is 0 Å². The summed E-state index contributed by atoms with van der Waals surface area (Å²) in [5.41, 5.74) is 0. The third kappa shape index (κ3) is 76.7. The quantitative estimate of drug-likeness (QED) is 0.339. The average molecular weight is 195 g/mol. The molecule has 0 aliphatic carbocycles. The summed E-state index contributed by atoms with van der Waals surface area (Å²) in [6, 6.07) is 0. The summed E-state index contributed by atoms with van der Waals surface area (Å²) in [5, 5.41) is 0. The van der Waals surface area contributed by atoms with Gasteiger partial charge in [0.25, 0.3) is 0 Å². The van der Waals surface area contributed by atoms with Gasteiger partial charge in [-0.15, -0.1) is 0 Å². The van der Waals surface area contributed by atoms with Gasteiger partial charge < -0.3 is 17.5 Å². The molecule has 43 valence electrons. The van der Waals surface area contributed by atoms with E-state index in [1.54, 1.807) is 0 Å². The molecule has 4 nitrogen and oxygen atoms in total. The molecule has 0 amide bonds.